The molecule has 4 amide bonds. The number of phenolic OH excluding ortho intramolecular Hbond substituents is 2. The van der Waals surface area contributed by atoms with Crippen molar-refractivity contribution in [1.29, 1.82) is 0 Å². The van der Waals surface area contributed by atoms with Crippen LogP contribution in [0.3, 0.4) is 0 Å². The van der Waals surface area contributed by atoms with Gasteiger partial charge in [0.15, 0.2) is 0 Å². The van der Waals surface area contributed by atoms with E-state index in [2.05, 4.69) is 0 Å². The minimum atomic E-state index is -0.315. The van der Waals surface area contributed by atoms with Gasteiger partial charge in [0.05, 0.1) is 22.3 Å². The highest BCUT2D eigenvalue weighted by atomic mass is 16.3. The van der Waals surface area contributed by atoms with Gasteiger partial charge in [0.25, 0.3) is 23.6 Å². The molecular formula is C24H26N2O6. The van der Waals surface area contributed by atoms with Crippen molar-refractivity contribution in [2.24, 2.45) is 11.8 Å². The lowest BCUT2D eigenvalue weighted by Gasteiger charge is -2.15. The van der Waals surface area contributed by atoms with Crippen molar-refractivity contribution in [2.45, 2.75) is 27.7 Å². The molecule has 0 aromatic heterocycles. The number of benzene rings is 2. The summed E-state index contributed by atoms with van der Waals surface area (Å²) in [6, 6.07) is 8.51. The lowest BCUT2D eigenvalue weighted by atomic mass is 10.1. The molecule has 2 aliphatic heterocycles. The molecule has 0 saturated heterocycles. The van der Waals surface area contributed by atoms with Gasteiger partial charge in [0, 0.05) is 13.1 Å². The van der Waals surface area contributed by atoms with Crippen LogP contribution in [0.1, 0.15) is 69.1 Å². The van der Waals surface area contributed by atoms with Crippen LogP contribution in [-0.4, -0.2) is 56.7 Å². The van der Waals surface area contributed by atoms with E-state index in [-0.39, 0.29) is 47.0 Å². The summed E-state index contributed by atoms with van der Waals surface area (Å²) in [6.45, 7) is 8.60. The summed E-state index contributed by atoms with van der Waals surface area (Å²) in [5.41, 5.74) is 1.35. The van der Waals surface area contributed by atoms with Crippen LogP contribution in [0.4, 0.5) is 0 Å². The second-order valence-electron chi connectivity index (χ2n) is 8.69. The Morgan fingerprint density at radius 1 is 0.594 bits per heavy atom. The molecule has 0 saturated carbocycles. The van der Waals surface area contributed by atoms with E-state index in [4.69, 9.17) is 0 Å². The summed E-state index contributed by atoms with van der Waals surface area (Å²) in [5.74, 6) is -0.694. The minimum absolute atomic E-state index is 0.00583. The fourth-order valence-corrected chi connectivity index (χ4v) is 3.62. The first kappa shape index (κ1) is 23.0. The lowest BCUT2D eigenvalue weighted by molar-refractivity contribution is 0.0621. The fraction of sp³-hybridized carbons (Fsp3) is 0.333. The maximum Gasteiger partial charge on any atom is 0.261 e. The number of carbonyl (C=O) groups excluding carboxylic acids is 4. The zero-order valence-corrected chi connectivity index (χ0v) is 18.5. The molecule has 0 bridgehead atoms. The van der Waals surface area contributed by atoms with Gasteiger partial charge in [0.1, 0.15) is 11.5 Å². The van der Waals surface area contributed by atoms with E-state index in [1.165, 1.54) is 46.2 Å². The first-order chi connectivity index (χ1) is 15.0. The highest BCUT2D eigenvalue weighted by Gasteiger charge is 2.36. The summed E-state index contributed by atoms with van der Waals surface area (Å²) in [4.78, 5) is 50.0. The van der Waals surface area contributed by atoms with E-state index in [0.717, 1.165) is 0 Å². The number of imide groups is 2. The summed E-state index contributed by atoms with van der Waals surface area (Å²) in [5, 5.41) is 18.6. The summed E-state index contributed by atoms with van der Waals surface area (Å²) in [6.07, 6.45) is 0. The topological polar surface area (TPSA) is 115 Å². The van der Waals surface area contributed by atoms with E-state index in [0.29, 0.717) is 35.3 Å². The smallest absolute Gasteiger partial charge is 0.261 e. The Labute approximate surface area is 186 Å². The molecule has 8 heteroatoms. The first-order valence-corrected chi connectivity index (χ1v) is 10.4. The molecule has 0 fully saturated rings. The minimum Gasteiger partial charge on any atom is -0.508 e. The molecular weight excluding hydrogens is 412 g/mol. The third-order valence-corrected chi connectivity index (χ3v) is 5.00. The van der Waals surface area contributed by atoms with Crippen LogP contribution in [0.25, 0.3) is 0 Å². The van der Waals surface area contributed by atoms with Gasteiger partial charge < -0.3 is 10.2 Å². The molecule has 32 heavy (non-hydrogen) atoms. The van der Waals surface area contributed by atoms with Crippen LogP contribution in [0.2, 0.25) is 0 Å². The van der Waals surface area contributed by atoms with Gasteiger partial charge in [-0.1, -0.05) is 27.7 Å². The van der Waals surface area contributed by atoms with Crippen LogP contribution in [0, 0.1) is 11.8 Å². The van der Waals surface area contributed by atoms with Crippen LogP contribution in [0.15, 0.2) is 36.4 Å². The number of hydrogen-bond donors (Lipinski definition) is 2. The Kier molecular flexibility index (Phi) is 6.34. The highest BCUT2D eigenvalue weighted by Crippen LogP contribution is 2.27. The zero-order chi connectivity index (χ0) is 23.7. The molecule has 0 aliphatic carbocycles. The quantitative estimate of drug-likeness (QED) is 0.708. The van der Waals surface area contributed by atoms with Gasteiger partial charge in [-0.05, 0) is 48.2 Å². The van der Waals surface area contributed by atoms with Gasteiger partial charge >= 0.3 is 0 Å². The molecule has 4 rings (SSSR count). The van der Waals surface area contributed by atoms with Crippen molar-refractivity contribution < 1.29 is 29.4 Å². The van der Waals surface area contributed by atoms with Crippen LogP contribution in [0.5, 0.6) is 11.5 Å². The third kappa shape index (κ3) is 4.34. The maximum atomic E-state index is 11.9. The Morgan fingerprint density at radius 2 is 0.906 bits per heavy atom. The monoisotopic (exact) mass is 438 g/mol. The van der Waals surface area contributed by atoms with E-state index in [1.807, 2.05) is 27.7 Å². The lowest BCUT2D eigenvalue weighted by Crippen LogP contribution is -2.33. The Bertz CT molecular complexity index is 1020. The average Bonchev–Trinajstić information content (AvgIpc) is 3.08. The first-order valence-electron chi connectivity index (χ1n) is 10.4. The Hall–Kier alpha value is -3.68. The van der Waals surface area contributed by atoms with Crippen LogP contribution < -0.4 is 0 Å². The molecule has 0 spiro atoms. The maximum absolute atomic E-state index is 11.9. The largest absolute Gasteiger partial charge is 0.508 e. The van der Waals surface area contributed by atoms with Crippen molar-refractivity contribution in [2.75, 3.05) is 13.1 Å². The van der Waals surface area contributed by atoms with Gasteiger partial charge in [-0.3, -0.25) is 29.0 Å². The number of fused-ring (bicyclic) bond motifs is 2. The average molecular weight is 438 g/mol. The molecule has 2 aromatic carbocycles. The molecule has 2 aliphatic rings. The molecule has 2 N–H and O–H groups in total. The van der Waals surface area contributed by atoms with Crippen LogP contribution in [-0.2, 0) is 0 Å². The normalized spacial score (nSPS) is 14.8. The van der Waals surface area contributed by atoms with E-state index in [1.54, 1.807) is 0 Å². The number of phenols is 2. The molecule has 0 radical (unpaired) electrons. The number of nitrogens with zero attached hydrogens (tertiary/aromatic N) is 2. The van der Waals surface area contributed by atoms with Gasteiger partial charge in [-0.2, -0.15) is 0 Å². The predicted molar refractivity (Wildman–Crippen MR) is 117 cm³/mol. The second-order valence-corrected chi connectivity index (χ2v) is 8.69. The summed E-state index contributed by atoms with van der Waals surface area (Å²) in [7, 11) is 0. The molecule has 0 atom stereocenters. The second kappa shape index (κ2) is 8.82. The summed E-state index contributed by atoms with van der Waals surface area (Å²) < 4.78 is 0. The Balaban J connectivity index is 0.000000181. The molecule has 168 valence electrons. The third-order valence-electron chi connectivity index (χ3n) is 5.00. The van der Waals surface area contributed by atoms with Crippen molar-refractivity contribution in [3.63, 3.8) is 0 Å². The zero-order valence-electron chi connectivity index (χ0n) is 18.5. The number of carbonyl (C=O) groups is 4. The number of hydrogen-bond acceptors (Lipinski definition) is 6. The van der Waals surface area contributed by atoms with E-state index >= 15 is 0 Å². The van der Waals surface area contributed by atoms with E-state index < -0.39 is 0 Å². The van der Waals surface area contributed by atoms with Gasteiger partial charge in [-0.25, -0.2) is 0 Å². The standard InChI is InChI=1S/2C12H13NO3/c2*1-7(2)6-13-11(15)9-4-3-8(14)5-10(9)12(13)16/h2*3-5,7,14H,6H2,1-2H3. The van der Waals surface area contributed by atoms with Crippen molar-refractivity contribution in [1.82, 2.24) is 9.80 Å². The Morgan fingerprint density at radius 3 is 1.22 bits per heavy atom. The fourth-order valence-electron chi connectivity index (χ4n) is 3.62. The van der Waals surface area contributed by atoms with Gasteiger partial charge in [0.2, 0.25) is 0 Å². The summed E-state index contributed by atoms with van der Waals surface area (Å²) >= 11 is 0. The molecule has 0 unspecified atom stereocenters. The van der Waals surface area contributed by atoms with Crippen LogP contribution >= 0.6 is 0 Å². The number of aromatic hydroxyl groups is 2. The predicted octanol–water partition coefficient (Wildman–Crippen LogP) is 3.29. The number of rotatable bonds is 4. The highest BCUT2D eigenvalue weighted by molar-refractivity contribution is 6.22. The SMILES string of the molecule is CC(C)CN1C(=O)c2ccc(O)cc2C1=O.CC(C)CN1C(=O)c2ccc(O)cc2C1=O. The molecule has 8 nitrogen and oxygen atoms in total. The molecule has 2 aromatic rings. The van der Waals surface area contributed by atoms with Crippen molar-refractivity contribution in [3.05, 3.63) is 58.7 Å². The van der Waals surface area contributed by atoms with Crippen molar-refractivity contribution in [3.8, 4) is 11.5 Å². The van der Waals surface area contributed by atoms with E-state index in [9.17, 15) is 29.4 Å². The van der Waals surface area contributed by atoms with Crippen molar-refractivity contribution >= 4 is 23.6 Å². The molecule has 2 heterocycles. The number of amides is 4. The van der Waals surface area contributed by atoms with Gasteiger partial charge in [-0.15, -0.1) is 0 Å².